The molecule has 0 amide bonds. The fourth-order valence-corrected chi connectivity index (χ4v) is 3.08. The van der Waals surface area contributed by atoms with Crippen LogP contribution in [0.15, 0.2) is 29.3 Å². The predicted octanol–water partition coefficient (Wildman–Crippen LogP) is 2.50. The maximum Gasteiger partial charge on any atom is 0.191 e. The maximum atomic E-state index is 5.61. The van der Waals surface area contributed by atoms with E-state index in [2.05, 4.69) is 46.5 Å². The molecular weight excluding hydrogens is 328 g/mol. The van der Waals surface area contributed by atoms with E-state index in [9.17, 15) is 0 Å². The van der Waals surface area contributed by atoms with Crippen LogP contribution in [0.3, 0.4) is 0 Å². The van der Waals surface area contributed by atoms with E-state index in [4.69, 9.17) is 9.47 Å². The van der Waals surface area contributed by atoms with Gasteiger partial charge in [0.25, 0.3) is 0 Å². The lowest BCUT2D eigenvalue weighted by atomic mass is 10.2. The number of nitrogens with zero attached hydrogens (tertiary/aromatic N) is 2. The number of aliphatic imine (C=N–C) groups is 1. The summed E-state index contributed by atoms with van der Waals surface area (Å²) in [7, 11) is 3.54. The Hall–Kier alpha value is -1.95. The van der Waals surface area contributed by atoms with E-state index in [1.165, 1.54) is 0 Å². The van der Waals surface area contributed by atoms with Crippen molar-refractivity contribution in [2.75, 3.05) is 51.9 Å². The smallest absolute Gasteiger partial charge is 0.191 e. The minimum absolute atomic E-state index is 0.378. The van der Waals surface area contributed by atoms with Crippen molar-refractivity contribution in [2.24, 2.45) is 10.9 Å². The van der Waals surface area contributed by atoms with Gasteiger partial charge in [0, 0.05) is 45.9 Å². The van der Waals surface area contributed by atoms with Gasteiger partial charge in [0.1, 0.15) is 5.75 Å². The van der Waals surface area contributed by atoms with E-state index < -0.39 is 0 Å². The van der Waals surface area contributed by atoms with Crippen LogP contribution >= 0.6 is 0 Å². The number of ether oxygens (including phenoxy) is 2. The third-order valence-electron chi connectivity index (χ3n) is 4.39. The number of anilines is 1. The summed E-state index contributed by atoms with van der Waals surface area (Å²) in [5.41, 5.74) is 1.16. The highest BCUT2D eigenvalue weighted by Crippen LogP contribution is 2.30. The summed E-state index contributed by atoms with van der Waals surface area (Å²) >= 11 is 0. The minimum Gasteiger partial charge on any atom is -0.495 e. The summed E-state index contributed by atoms with van der Waals surface area (Å²) < 4.78 is 11.1. The van der Waals surface area contributed by atoms with Crippen LogP contribution in [0.25, 0.3) is 0 Å². The molecule has 0 aromatic heterocycles. The Morgan fingerprint density at radius 3 is 2.88 bits per heavy atom. The highest BCUT2D eigenvalue weighted by molar-refractivity contribution is 5.80. The van der Waals surface area contributed by atoms with Crippen molar-refractivity contribution >= 4 is 11.6 Å². The van der Waals surface area contributed by atoms with Crippen LogP contribution in [0.4, 0.5) is 5.69 Å². The van der Waals surface area contributed by atoms with Gasteiger partial charge in [0.2, 0.25) is 0 Å². The van der Waals surface area contributed by atoms with Crippen LogP contribution < -0.4 is 20.3 Å². The number of benzene rings is 1. The normalized spacial score (nSPS) is 17.7. The second-order valence-electron chi connectivity index (χ2n) is 7.07. The minimum atomic E-state index is 0.378. The van der Waals surface area contributed by atoms with Gasteiger partial charge in [0.15, 0.2) is 5.96 Å². The van der Waals surface area contributed by atoms with Crippen molar-refractivity contribution in [1.82, 2.24) is 10.6 Å². The second kappa shape index (κ2) is 10.9. The van der Waals surface area contributed by atoms with E-state index in [0.29, 0.717) is 12.0 Å². The van der Waals surface area contributed by atoms with Crippen molar-refractivity contribution in [3.8, 4) is 5.75 Å². The molecule has 146 valence electrons. The molecule has 6 heteroatoms. The number of rotatable bonds is 9. The zero-order valence-electron chi connectivity index (χ0n) is 16.6. The quantitative estimate of drug-likeness (QED) is 0.402. The van der Waals surface area contributed by atoms with Crippen LogP contribution in [0.5, 0.6) is 5.75 Å². The van der Waals surface area contributed by atoms with E-state index in [0.717, 1.165) is 63.1 Å². The third kappa shape index (κ3) is 6.41. The molecule has 1 aliphatic rings. The van der Waals surface area contributed by atoms with Crippen molar-refractivity contribution in [3.63, 3.8) is 0 Å². The van der Waals surface area contributed by atoms with Gasteiger partial charge in [0.05, 0.1) is 12.8 Å². The molecular formula is C20H34N4O2. The Balaban J connectivity index is 1.72. The molecule has 26 heavy (non-hydrogen) atoms. The molecule has 1 heterocycles. The van der Waals surface area contributed by atoms with Crippen molar-refractivity contribution in [1.29, 1.82) is 0 Å². The number of nitrogens with one attached hydrogen (secondary N) is 2. The first-order chi connectivity index (χ1) is 12.6. The van der Waals surface area contributed by atoms with E-state index >= 15 is 0 Å². The van der Waals surface area contributed by atoms with E-state index in [1.807, 2.05) is 19.2 Å². The molecule has 0 aliphatic carbocycles. The number of methoxy groups -OCH3 is 1. The Kier molecular flexibility index (Phi) is 8.54. The first-order valence-corrected chi connectivity index (χ1v) is 9.57. The maximum absolute atomic E-state index is 5.61. The first kappa shape index (κ1) is 20.4. The first-order valence-electron chi connectivity index (χ1n) is 9.57. The molecule has 1 atom stereocenters. The Labute approximate surface area is 158 Å². The summed E-state index contributed by atoms with van der Waals surface area (Å²) in [4.78, 5) is 6.70. The van der Waals surface area contributed by atoms with E-state index in [-0.39, 0.29) is 0 Å². The molecule has 1 fully saturated rings. The van der Waals surface area contributed by atoms with Gasteiger partial charge < -0.3 is 25.0 Å². The fourth-order valence-electron chi connectivity index (χ4n) is 3.08. The Morgan fingerprint density at radius 2 is 2.15 bits per heavy atom. The van der Waals surface area contributed by atoms with Gasteiger partial charge in [-0.15, -0.1) is 0 Å². The fraction of sp³-hybridized carbons (Fsp3) is 0.650. The molecule has 1 saturated heterocycles. The molecule has 1 unspecified atom stereocenters. The van der Waals surface area contributed by atoms with E-state index in [1.54, 1.807) is 7.11 Å². The zero-order valence-corrected chi connectivity index (χ0v) is 16.6. The summed E-state index contributed by atoms with van der Waals surface area (Å²) in [6.45, 7) is 8.76. The average Bonchev–Trinajstić information content (AvgIpc) is 3.11. The van der Waals surface area contributed by atoms with Crippen LogP contribution in [0.2, 0.25) is 0 Å². The monoisotopic (exact) mass is 362 g/mol. The topological polar surface area (TPSA) is 58.1 Å². The highest BCUT2D eigenvalue weighted by Gasteiger charge is 2.25. The van der Waals surface area contributed by atoms with Crippen LogP contribution in [-0.2, 0) is 4.74 Å². The predicted molar refractivity (Wildman–Crippen MR) is 108 cm³/mol. The van der Waals surface area contributed by atoms with Gasteiger partial charge in [-0.05, 0) is 30.9 Å². The zero-order chi connectivity index (χ0) is 18.8. The third-order valence-corrected chi connectivity index (χ3v) is 4.39. The number of hydrogen-bond donors (Lipinski definition) is 2. The van der Waals surface area contributed by atoms with Crippen molar-refractivity contribution < 1.29 is 9.47 Å². The molecule has 2 N–H and O–H groups in total. The highest BCUT2D eigenvalue weighted by atomic mass is 16.5. The van der Waals surface area contributed by atoms with Crippen LogP contribution in [0, 0.1) is 5.92 Å². The summed E-state index contributed by atoms with van der Waals surface area (Å²) in [6.07, 6.45) is 2.06. The SMILES string of the molecule is CN=C(NCCCOCC(C)C)NC1CCN(c2ccccc2OC)C1. The Bertz CT molecular complexity index is 562. The lowest BCUT2D eigenvalue weighted by Gasteiger charge is -2.22. The number of guanidine groups is 1. The van der Waals surface area contributed by atoms with Gasteiger partial charge >= 0.3 is 0 Å². The Morgan fingerprint density at radius 1 is 1.35 bits per heavy atom. The molecule has 0 bridgehead atoms. The number of hydrogen-bond acceptors (Lipinski definition) is 4. The molecule has 1 aromatic carbocycles. The molecule has 1 aliphatic heterocycles. The largest absolute Gasteiger partial charge is 0.495 e. The average molecular weight is 363 g/mol. The lowest BCUT2D eigenvalue weighted by Crippen LogP contribution is -2.45. The molecule has 0 saturated carbocycles. The van der Waals surface area contributed by atoms with Gasteiger partial charge in [-0.2, -0.15) is 0 Å². The summed E-state index contributed by atoms with van der Waals surface area (Å²) in [5.74, 6) is 2.38. The molecule has 0 spiro atoms. The van der Waals surface area contributed by atoms with Gasteiger partial charge in [-0.25, -0.2) is 0 Å². The summed E-state index contributed by atoms with van der Waals surface area (Å²) in [5, 5.41) is 6.90. The van der Waals surface area contributed by atoms with Crippen LogP contribution in [0.1, 0.15) is 26.7 Å². The van der Waals surface area contributed by atoms with Crippen molar-refractivity contribution in [3.05, 3.63) is 24.3 Å². The van der Waals surface area contributed by atoms with Crippen LogP contribution in [-0.4, -0.2) is 59.0 Å². The van der Waals surface area contributed by atoms with Gasteiger partial charge in [-0.1, -0.05) is 26.0 Å². The molecule has 6 nitrogen and oxygen atoms in total. The molecule has 0 radical (unpaired) electrons. The second-order valence-corrected chi connectivity index (χ2v) is 7.07. The number of para-hydroxylation sites is 2. The standard InChI is InChI=1S/C20H34N4O2/c1-16(2)15-26-13-7-11-22-20(21-3)23-17-10-12-24(14-17)18-8-5-6-9-19(18)25-4/h5-6,8-9,16-17H,7,10-15H2,1-4H3,(H2,21,22,23). The van der Waals surface area contributed by atoms with Crippen molar-refractivity contribution in [2.45, 2.75) is 32.7 Å². The van der Waals surface area contributed by atoms with Gasteiger partial charge in [-0.3, -0.25) is 4.99 Å². The summed E-state index contributed by atoms with van der Waals surface area (Å²) in [6, 6.07) is 8.57. The molecule has 2 rings (SSSR count). The lowest BCUT2D eigenvalue weighted by molar-refractivity contribution is 0.108. The molecule has 1 aromatic rings.